The lowest BCUT2D eigenvalue weighted by atomic mass is 9.63. The van der Waals surface area contributed by atoms with Crippen LogP contribution in [0.2, 0.25) is 0 Å². The van der Waals surface area contributed by atoms with E-state index in [1.54, 1.807) is 7.11 Å². The van der Waals surface area contributed by atoms with Crippen LogP contribution in [0.4, 0.5) is 0 Å². The molecule has 1 aromatic carbocycles. The van der Waals surface area contributed by atoms with E-state index in [9.17, 15) is 5.11 Å². The second kappa shape index (κ2) is 5.05. The van der Waals surface area contributed by atoms with Gasteiger partial charge in [-0.1, -0.05) is 26.0 Å². The molecule has 0 radical (unpaired) electrons. The van der Waals surface area contributed by atoms with Gasteiger partial charge in [-0.15, -0.1) is 0 Å². The van der Waals surface area contributed by atoms with Crippen molar-refractivity contribution in [1.82, 2.24) is 5.32 Å². The first kappa shape index (κ1) is 13.9. The Balaban J connectivity index is 1.49. The fourth-order valence-electron chi connectivity index (χ4n) is 3.37. The number of rotatable bonds is 4. The molecule has 3 nitrogen and oxygen atoms in total. The lowest BCUT2D eigenvalue weighted by Crippen LogP contribution is -2.63. The van der Waals surface area contributed by atoms with Gasteiger partial charge >= 0.3 is 0 Å². The van der Waals surface area contributed by atoms with Crippen LogP contribution in [0.1, 0.15) is 44.6 Å². The third kappa shape index (κ3) is 2.33. The molecule has 110 valence electrons. The number of aliphatic hydroxyl groups is 1. The molecule has 2 unspecified atom stereocenters. The molecule has 1 aromatic rings. The first-order chi connectivity index (χ1) is 9.50. The largest absolute Gasteiger partial charge is 0.497 e. The first-order valence-corrected chi connectivity index (χ1v) is 7.58. The number of aliphatic hydroxyl groups excluding tert-OH is 1. The average molecular weight is 275 g/mol. The molecule has 2 fully saturated rings. The Labute approximate surface area is 121 Å². The summed E-state index contributed by atoms with van der Waals surface area (Å²) in [7, 11) is 1.70. The molecule has 0 aromatic heterocycles. The maximum Gasteiger partial charge on any atom is 0.118 e. The van der Waals surface area contributed by atoms with Crippen LogP contribution in [0.5, 0.6) is 5.75 Å². The normalized spacial score (nSPS) is 35.0. The number of methoxy groups -OCH3 is 1. The van der Waals surface area contributed by atoms with Gasteiger partial charge in [-0.3, -0.25) is 0 Å². The van der Waals surface area contributed by atoms with E-state index in [2.05, 4.69) is 31.3 Å². The first-order valence-electron chi connectivity index (χ1n) is 7.58. The summed E-state index contributed by atoms with van der Waals surface area (Å²) in [6, 6.07) is 9.52. The number of ether oxygens (including phenoxy) is 1. The predicted octanol–water partition coefficient (Wildman–Crippen LogP) is 2.69. The zero-order valence-electron chi connectivity index (χ0n) is 12.6. The molecule has 0 amide bonds. The van der Waals surface area contributed by atoms with E-state index < -0.39 is 0 Å². The van der Waals surface area contributed by atoms with Crippen LogP contribution < -0.4 is 10.1 Å². The van der Waals surface area contributed by atoms with E-state index >= 15 is 0 Å². The van der Waals surface area contributed by atoms with Crippen LogP contribution in [0, 0.1) is 5.41 Å². The highest BCUT2D eigenvalue weighted by atomic mass is 16.5. The van der Waals surface area contributed by atoms with Gasteiger partial charge in [-0.25, -0.2) is 0 Å². The van der Waals surface area contributed by atoms with E-state index in [1.807, 2.05) is 12.1 Å². The number of benzene rings is 1. The molecule has 0 spiro atoms. The van der Waals surface area contributed by atoms with Crippen molar-refractivity contribution in [1.29, 1.82) is 0 Å². The minimum Gasteiger partial charge on any atom is -0.497 e. The van der Waals surface area contributed by atoms with Crippen LogP contribution in [0.15, 0.2) is 24.3 Å². The monoisotopic (exact) mass is 275 g/mol. The summed E-state index contributed by atoms with van der Waals surface area (Å²) >= 11 is 0. The zero-order valence-corrected chi connectivity index (χ0v) is 12.6. The standard InChI is InChI=1S/C17H25NO2/c1-17(2)15(10-16(17)19)18-13-8-12(9-13)11-4-6-14(20-3)7-5-11/h4-7,12-13,15-16,18-19H,8-10H2,1-3H3. The van der Waals surface area contributed by atoms with Gasteiger partial charge in [0.15, 0.2) is 0 Å². The van der Waals surface area contributed by atoms with Gasteiger partial charge in [0.2, 0.25) is 0 Å². The minimum absolute atomic E-state index is 0.0329. The summed E-state index contributed by atoms with van der Waals surface area (Å²) in [5.74, 6) is 1.60. The van der Waals surface area contributed by atoms with Crippen LogP contribution in [0.3, 0.4) is 0 Å². The molecule has 2 aliphatic carbocycles. The van der Waals surface area contributed by atoms with E-state index in [0.29, 0.717) is 18.0 Å². The Morgan fingerprint density at radius 3 is 2.30 bits per heavy atom. The van der Waals surface area contributed by atoms with Gasteiger partial charge in [0.25, 0.3) is 0 Å². The smallest absolute Gasteiger partial charge is 0.118 e. The summed E-state index contributed by atoms with van der Waals surface area (Å²) in [4.78, 5) is 0. The Morgan fingerprint density at radius 2 is 1.80 bits per heavy atom. The van der Waals surface area contributed by atoms with E-state index in [1.165, 1.54) is 18.4 Å². The Morgan fingerprint density at radius 1 is 1.15 bits per heavy atom. The zero-order chi connectivity index (χ0) is 14.3. The fraction of sp³-hybridized carbons (Fsp3) is 0.647. The van der Waals surface area contributed by atoms with Gasteiger partial charge in [0, 0.05) is 17.5 Å². The molecule has 3 heteroatoms. The van der Waals surface area contributed by atoms with Crippen molar-refractivity contribution < 1.29 is 9.84 Å². The second-order valence-electron chi connectivity index (χ2n) is 6.93. The van der Waals surface area contributed by atoms with Gasteiger partial charge in [0.05, 0.1) is 13.2 Å². The lowest BCUT2D eigenvalue weighted by Gasteiger charge is -2.52. The van der Waals surface area contributed by atoms with Gasteiger partial charge in [-0.2, -0.15) is 0 Å². The molecule has 0 aliphatic heterocycles. The maximum absolute atomic E-state index is 9.78. The maximum atomic E-state index is 9.78. The average Bonchev–Trinajstić information content (AvgIpc) is 2.41. The van der Waals surface area contributed by atoms with Crippen molar-refractivity contribution >= 4 is 0 Å². The van der Waals surface area contributed by atoms with E-state index in [4.69, 9.17) is 4.74 Å². The molecule has 0 saturated heterocycles. The topological polar surface area (TPSA) is 41.5 Å². The molecule has 2 saturated carbocycles. The van der Waals surface area contributed by atoms with Gasteiger partial charge in [0.1, 0.15) is 5.75 Å². The molecule has 0 heterocycles. The van der Waals surface area contributed by atoms with Crippen LogP contribution in [0.25, 0.3) is 0 Å². The molecule has 0 bridgehead atoms. The molecular weight excluding hydrogens is 250 g/mol. The third-order valence-electron chi connectivity index (χ3n) is 5.38. The van der Waals surface area contributed by atoms with Crippen molar-refractivity contribution in [3.8, 4) is 5.75 Å². The highest BCUT2D eigenvalue weighted by Crippen LogP contribution is 2.44. The highest BCUT2D eigenvalue weighted by Gasteiger charge is 2.48. The summed E-state index contributed by atoms with van der Waals surface area (Å²) < 4.78 is 5.19. The number of nitrogens with one attached hydrogen (secondary N) is 1. The second-order valence-corrected chi connectivity index (χ2v) is 6.93. The predicted molar refractivity (Wildman–Crippen MR) is 80.1 cm³/mol. The summed E-state index contributed by atoms with van der Waals surface area (Å²) in [6.45, 7) is 4.30. The quantitative estimate of drug-likeness (QED) is 0.887. The molecule has 20 heavy (non-hydrogen) atoms. The van der Waals surface area contributed by atoms with Crippen molar-refractivity contribution in [3.63, 3.8) is 0 Å². The van der Waals surface area contributed by atoms with Gasteiger partial charge < -0.3 is 15.2 Å². The molecule has 2 aliphatic rings. The van der Waals surface area contributed by atoms with Crippen molar-refractivity contribution in [2.75, 3.05) is 7.11 Å². The SMILES string of the molecule is COc1ccc(C2CC(NC3CC(O)C3(C)C)C2)cc1. The number of hydrogen-bond acceptors (Lipinski definition) is 3. The summed E-state index contributed by atoms with van der Waals surface area (Å²) in [6.07, 6.45) is 3.17. The van der Waals surface area contributed by atoms with E-state index in [0.717, 1.165) is 12.2 Å². The summed E-state index contributed by atoms with van der Waals surface area (Å²) in [5, 5.41) is 13.5. The minimum atomic E-state index is -0.141. The number of hydrogen-bond donors (Lipinski definition) is 2. The van der Waals surface area contributed by atoms with Crippen molar-refractivity contribution in [3.05, 3.63) is 29.8 Å². The molecule has 2 atom stereocenters. The third-order valence-corrected chi connectivity index (χ3v) is 5.38. The van der Waals surface area contributed by atoms with Crippen LogP contribution >= 0.6 is 0 Å². The Bertz CT molecular complexity index is 462. The van der Waals surface area contributed by atoms with Crippen LogP contribution in [-0.2, 0) is 0 Å². The van der Waals surface area contributed by atoms with Gasteiger partial charge in [-0.05, 0) is 42.9 Å². The summed E-state index contributed by atoms with van der Waals surface area (Å²) in [5.41, 5.74) is 1.45. The fourth-order valence-corrected chi connectivity index (χ4v) is 3.37. The van der Waals surface area contributed by atoms with Crippen molar-refractivity contribution in [2.45, 2.75) is 57.2 Å². The molecule has 3 rings (SSSR count). The van der Waals surface area contributed by atoms with Crippen molar-refractivity contribution in [2.24, 2.45) is 5.41 Å². The lowest BCUT2D eigenvalue weighted by molar-refractivity contribution is -0.0793. The molecule has 2 N–H and O–H groups in total. The van der Waals surface area contributed by atoms with E-state index in [-0.39, 0.29) is 11.5 Å². The Hall–Kier alpha value is -1.06. The van der Waals surface area contributed by atoms with Crippen LogP contribution in [-0.4, -0.2) is 30.4 Å². The Kier molecular flexibility index (Phi) is 3.51. The molecular formula is C17H25NO2. The highest BCUT2D eigenvalue weighted by molar-refractivity contribution is 5.31.